The largest absolute Gasteiger partial charge is 0.293 e. The number of hydrogen-bond donors (Lipinski definition) is 1. The van der Waals surface area contributed by atoms with Crippen molar-refractivity contribution in [3.8, 4) is 0 Å². The Balaban J connectivity index is 1.51. The van der Waals surface area contributed by atoms with E-state index >= 15 is 0 Å². The molecule has 1 amide bonds. The van der Waals surface area contributed by atoms with Crippen LogP contribution in [0.25, 0.3) is 0 Å². The topological polar surface area (TPSA) is 77.6 Å². The molecule has 0 unspecified atom stereocenters. The van der Waals surface area contributed by atoms with Crippen molar-refractivity contribution in [3.63, 3.8) is 0 Å². The first kappa shape index (κ1) is 17.2. The average molecular weight is 359 g/mol. The van der Waals surface area contributed by atoms with E-state index in [0.29, 0.717) is 24.1 Å². The Labute approximate surface area is 150 Å². The Morgan fingerprint density at radius 1 is 1.16 bits per heavy atom. The predicted octanol–water partition coefficient (Wildman–Crippen LogP) is 2.82. The standard InChI is InChI=1S/C17H19ClN6O/c1-12-3-5-14(6-4-12)9-24-11-19-17(22-24)20-16(25)7-8-23-10-15(18)13(2)21-23/h3-6,10-11H,7-9H2,1-2H3,(H,20,22,25). The summed E-state index contributed by atoms with van der Waals surface area (Å²) in [5, 5.41) is 11.8. The highest BCUT2D eigenvalue weighted by atomic mass is 35.5. The van der Waals surface area contributed by atoms with Crippen LogP contribution >= 0.6 is 11.6 Å². The normalized spacial score (nSPS) is 10.8. The maximum atomic E-state index is 12.0. The number of nitrogens with zero attached hydrogens (tertiary/aromatic N) is 5. The minimum absolute atomic E-state index is 0.169. The molecule has 3 rings (SSSR count). The molecule has 1 N–H and O–H groups in total. The fraction of sp³-hybridized carbons (Fsp3) is 0.294. The van der Waals surface area contributed by atoms with Gasteiger partial charge in [0.25, 0.3) is 0 Å². The number of benzene rings is 1. The lowest BCUT2D eigenvalue weighted by atomic mass is 10.1. The number of aromatic nitrogens is 5. The summed E-state index contributed by atoms with van der Waals surface area (Å²) in [5.41, 5.74) is 3.09. The molecule has 130 valence electrons. The first-order valence-electron chi connectivity index (χ1n) is 7.94. The molecule has 0 radical (unpaired) electrons. The SMILES string of the molecule is Cc1ccc(Cn2cnc(NC(=O)CCn3cc(Cl)c(C)n3)n2)cc1. The number of hydrogen-bond acceptors (Lipinski definition) is 4. The van der Waals surface area contributed by atoms with Gasteiger partial charge in [-0.3, -0.25) is 14.8 Å². The fourth-order valence-electron chi connectivity index (χ4n) is 2.32. The molecule has 0 bridgehead atoms. The molecule has 0 aliphatic heterocycles. The number of carbonyl (C=O) groups excluding carboxylic acids is 1. The Morgan fingerprint density at radius 2 is 1.92 bits per heavy atom. The van der Waals surface area contributed by atoms with E-state index in [0.717, 1.165) is 11.3 Å². The quantitative estimate of drug-likeness (QED) is 0.735. The van der Waals surface area contributed by atoms with E-state index < -0.39 is 0 Å². The molecule has 0 aliphatic rings. The van der Waals surface area contributed by atoms with E-state index in [-0.39, 0.29) is 12.3 Å². The third-order valence-electron chi connectivity index (χ3n) is 3.71. The molecule has 8 heteroatoms. The molecule has 0 saturated carbocycles. The number of aryl methyl sites for hydroxylation is 3. The Hall–Kier alpha value is -2.67. The van der Waals surface area contributed by atoms with Crippen LogP contribution in [0.1, 0.15) is 23.2 Å². The molecule has 0 fully saturated rings. The van der Waals surface area contributed by atoms with Crippen LogP contribution in [0.2, 0.25) is 5.02 Å². The third-order valence-corrected chi connectivity index (χ3v) is 4.08. The zero-order chi connectivity index (χ0) is 17.8. The molecule has 2 heterocycles. The summed E-state index contributed by atoms with van der Waals surface area (Å²) >= 11 is 5.95. The molecule has 25 heavy (non-hydrogen) atoms. The van der Waals surface area contributed by atoms with Crippen molar-refractivity contribution in [3.05, 3.63) is 58.6 Å². The number of nitrogens with one attached hydrogen (secondary N) is 1. The fourth-order valence-corrected chi connectivity index (χ4v) is 2.47. The summed E-state index contributed by atoms with van der Waals surface area (Å²) in [6.45, 7) is 4.92. The number of carbonyl (C=O) groups is 1. The minimum Gasteiger partial charge on any atom is -0.293 e. The zero-order valence-electron chi connectivity index (χ0n) is 14.1. The van der Waals surface area contributed by atoms with E-state index in [9.17, 15) is 4.79 Å². The van der Waals surface area contributed by atoms with Crippen molar-refractivity contribution >= 4 is 23.5 Å². The van der Waals surface area contributed by atoms with Crippen LogP contribution in [0.5, 0.6) is 0 Å². The molecular formula is C17H19ClN6O. The summed E-state index contributed by atoms with van der Waals surface area (Å²) in [6.07, 6.45) is 3.58. The van der Waals surface area contributed by atoms with Crippen LogP contribution in [0.4, 0.5) is 5.95 Å². The average Bonchev–Trinajstić information content (AvgIpc) is 3.14. The van der Waals surface area contributed by atoms with Crippen molar-refractivity contribution in [2.75, 3.05) is 5.32 Å². The van der Waals surface area contributed by atoms with Crippen molar-refractivity contribution in [2.24, 2.45) is 0 Å². The van der Waals surface area contributed by atoms with Gasteiger partial charge >= 0.3 is 0 Å². The lowest BCUT2D eigenvalue weighted by molar-refractivity contribution is -0.116. The summed E-state index contributed by atoms with van der Waals surface area (Å²) in [4.78, 5) is 16.1. The maximum absolute atomic E-state index is 12.0. The van der Waals surface area contributed by atoms with Gasteiger partial charge in [0.2, 0.25) is 11.9 Å². The number of anilines is 1. The highest BCUT2D eigenvalue weighted by Gasteiger charge is 2.08. The lowest BCUT2D eigenvalue weighted by Gasteiger charge is -2.03. The Bertz CT molecular complexity index is 848. The van der Waals surface area contributed by atoms with Crippen LogP contribution in [-0.2, 0) is 17.9 Å². The molecule has 7 nitrogen and oxygen atoms in total. The molecule has 2 aromatic heterocycles. The Morgan fingerprint density at radius 3 is 2.60 bits per heavy atom. The van der Waals surface area contributed by atoms with E-state index in [1.165, 1.54) is 5.56 Å². The van der Waals surface area contributed by atoms with E-state index in [1.807, 2.05) is 26.0 Å². The van der Waals surface area contributed by atoms with Crippen LogP contribution in [0, 0.1) is 13.8 Å². The minimum atomic E-state index is -0.169. The second-order valence-electron chi connectivity index (χ2n) is 5.88. The Kier molecular flexibility index (Phi) is 5.14. The highest BCUT2D eigenvalue weighted by Crippen LogP contribution is 2.12. The molecule has 0 atom stereocenters. The lowest BCUT2D eigenvalue weighted by Crippen LogP contribution is -2.16. The maximum Gasteiger partial charge on any atom is 0.248 e. The third kappa shape index (κ3) is 4.67. The molecule has 3 aromatic rings. The van der Waals surface area contributed by atoms with Gasteiger partial charge in [0, 0.05) is 19.2 Å². The first-order valence-corrected chi connectivity index (χ1v) is 8.32. The highest BCUT2D eigenvalue weighted by molar-refractivity contribution is 6.31. The molecule has 0 spiro atoms. The number of rotatable bonds is 6. The van der Waals surface area contributed by atoms with Crippen LogP contribution in [0.15, 0.2) is 36.8 Å². The van der Waals surface area contributed by atoms with Gasteiger partial charge in [-0.15, -0.1) is 5.10 Å². The smallest absolute Gasteiger partial charge is 0.248 e. The van der Waals surface area contributed by atoms with Gasteiger partial charge in [-0.2, -0.15) is 5.10 Å². The molecule has 0 saturated heterocycles. The van der Waals surface area contributed by atoms with Crippen LogP contribution < -0.4 is 5.32 Å². The summed E-state index contributed by atoms with van der Waals surface area (Å²) < 4.78 is 3.34. The van der Waals surface area contributed by atoms with Gasteiger partial charge in [0.05, 0.1) is 17.3 Å². The predicted molar refractivity (Wildman–Crippen MR) is 95.5 cm³/mol. The van der Waals surface area contributed by atoms with Gasteiger partial charge in [-0.25, -0.2) is 9.67 Å². The van der Waals surface area contributed by atoms with E-state index in [1.54, 1.807) is 21.9 Å². The summed E-state index contributed by atoms with van der Waals surface area (Å²) in [7, 11) is 0. The summed E-state index contributed by atoms with van der Waals surface area (Å²) in [5.74, 6) is 0.129. The van der Waals surface area contributed by atoms with Gasteiger partial charge in [0.15, 0.2) is 0 Å². The molecule has 0 aliphatic carbocycles. The zero-order valence-corrected chi connectivity index (χ0v) is 14.9. The van der Waals surface area contributed by atoms with Gasteiger partial charge < -0.3 is 0 Å². The van der Waals surface area contributed by atoms with Gasteiger partial charge in [-0.1, -0.05) is 41.4 Å². The van der Waals surface area contributed by atoms with Gasteiger partial charge in [-0.05, 0) is 19.4 Å². The summed E-state index contributed by atoms with van der Waals surface area (Å²) in [6, 6.07) is 8.20. The first-order chi connectivity index (χ1) is 12.0. The van der Waals surface area contributed by atoms with Crippen LogP contribution in [0.3, 0.4) is 0 Å². The molecular weight excluding hydrogens is 340 g/mol. The van der Waals surface area contributed by atoms with Crippen molar-refractivity contribution in [1.29, 1.82) is 0 Å². The van der Waals surface area contributed by atoms with Crippen molar-refractivity contribution in [1.82, 2.24) is 24.5 Å². The van der Waals surface area contributed by atoms with Crippen molar-refractivity contribution < 1.29 is 4.79 Å². The number of halogens is 1. The van der Waals surface area contributed by atoms with E-state index in [4.69, 9.17) is 11.6 Å². The molecule has 1 aromatic carbocycles. The van der Waals surface area contributed by atoms with E-state index in [2.05, 4.69) is 32.6 Å². The number of amides is 1. The van der Waals surface area contributed by atoms with Crippen molar-refractivity contribution in [2.45, 2.75) is 33.4 Å². The monoisotopic (exact) mass is 358 g/mol. The van der Waals surface area contributed by atoms with Gasteiger partial charge in [0.1, 0.15) is 6.33 Å². The second-order valence-corrected chi connectivity index (χ2v) is 6.28. The second kappa shape index (κ2) is 7.48. The van der Waals surface area contributed by atoms with Crippen LogP contribution in [-0.4, -0.2) is 30.5 Å².